The average Bonchev–Trinajstić information content (AvgIpc) is 0.732. The van der Waals surface area contributed by atoms with Gasteiger partial charge in [-0.15, -0.1) is 0 Å². The number of benzene rings is 13. The van der Waals surface area contributed by atoms with Crippen molar-refractivity contribution in [2.24, 2.45) is 0 Å². The van der Waals surface area contributed by atoms with Gasteiger partial charge in [0.1, 0.15) is 0 Å². The van der Waals surface area contributed by atoms with E-state index in [1.54, 1.807) is 0 Å². The van der Waals surface area contributed by atoms with Crippen molar-refractivity contribution in [3.63, 3.8) is 0 Å². The van der Waals surface area contributed by atoms with E-state index in [4.69, 9.17) is 34.9 Å². The summed E-state index contributed by atoms with van der Waals surface area (Å²) in [5.74, 6) is 0. The fourth-order valence-corrected chi connectivity index (χ4v) is 16.6. The molecular weight excluding hydrogens is 1370 g/mol. The SMILES string of the molecule is c1cc(-c2ccc3ccc(-c4ccc5ccc(-c6c7ccccc7c(-c7ccc8ccc9cccnc9c8n7)c7ccccc67)nc5c4)cc3n2)c2cnccc2c1.c1cc(-c2ccc3ccc(-c4ccc5ccc(-c6ccc(-c7ccc8ccc9cccnc9c8n7)c7ccccc67)nc5c4)cc3n2)c2cnccc2c1. The topological polar surface area (TPSA) is 129 Å². The number of fused-ring (bicyclic) bond motifs is 15. The molecule has 10 aromatic heterocycles. The lowest BCUT2D eigenvalue weighted by Gasteiger charge is -2.17. The van der Waals surface area contributed by atoms with Gasteiger partial charge in [-0.05, 0) is 150 Å². The highest BCUT2D eigenvalue weighted by molar-refractivity contribution is 6.22. The molecule has 10 heterocycles. The molecule has 0 radical (unpaired) electrons. The Kier molecular flexibility index (Phi) is 15.0. The second-order valence-electron chi connectivity index (χ2n) is 28.6. The van der Waals surface area contributed by atoms with Crippen molar-refractivity contribution < 1.29 is 0 Å². The van der Waals surface area contributed by atoms with Gasteiger partial charge in [-0.1, -0.05) is 243 Å². The second-order valence-corrected chi connectivity index (χ2v) is 28.6. The van der Waals surface area contributed by atoms with Crippen molar-refractivity contribution >= 4 is 141 Å². The fourth-order valence-electron chi connectivity index (χ4n) is 16.6. The predicted molar refractivity (Wildman–Crippen MR) is 462 cm³/mol. The van der Waals surface area contributed by atoms with Crippen molar-refractivity contribution in [2.75, 3.05) is 0 Å². The Hall–Kier alpha value is -15.3. The Morgan fingerprint density at radius 1 is 0.170 bits per heavy atom. The highest BCUT2D eigenvalue weighted by atomic mass is 14.8. The summed E-state index contributed by atoms with van der Waals surface area (Å²) in [5.41, 5.74) is 23.9. The standard InChI is InChI=1S/C53H31N5.C49H29N5/c1-3-11-42-40(9-1)50(41-10-2-4-12-43(41)51(42)47-25-22-36-17-16-35-8-6-27-55-52(35)53(36)58-47)46-24-21-34-15-19-38(30-49(34)57-46)37-18-14-33-20-23-45(56-48(33)29-37)39-13-5-7-32-26-28-54-31-44(32)39;1-2-8-38-37(7-1)40(19-20-41(38)45-23-18-34-13-12-33-6-4-25-51-48(33)49(34)54-45)44-22-17-32-11-15-36(28-47(32)53-44)35-14-10-31-16-21-43(52-46(31)27-35)39-9-3-5-30-24-26-50-29-42(30)39/h1-31H;1-29H. The summed E-state index contributed by atoms with van der Waals surface area (Å²) in [4.78, 5) is 49.6. The highest BCUT2D eigenvalue weighted by Crippen LogP contribution is 2.45. The van der Waals surface area contributed by atoms with Gasteiger partial charge in [0, 0.05) is 124 Å². The molecule has 10 nitrogen and oxygen atoms in total. The molecule has 518 valence electrons. The van der Waals surface area contributed by atoms with Crippen LogP contribution in [0.2, 0.25) is 0 Å². The van der Waals surface area contributed by atoms with Crippen molar-refractivity contribution in [3.8, 4) is 89.8 Å². The molecule has 0 aliphatic rings. The molecule has 0 amide bonds. The minimum Gasteiger partial charge on any atom is -0.264 e. The Labute approximate surface area is 641 Å². The lowest BCUT2D eigenvalue weighted by atomic mass is 9.88. The zero-order chi connectivity index (χ0) is 73.7. The van der Waals surface area contributed by atoms with Gasteiger partial charge in [0.05, 0.1) is 78.3 Å². The van der Waals surface area contributed by atoms with Crippen molar-refractivity contribution in [1.29, 1.82) is 0 Å². The maximum Gasteiger partial charge on any atom is 0.0972 e. The minimum atomic E-state index is 0.907. The van der Waals surface area contributed by atoms with Crippen LogP contribution in [0.1, 0.15) is 0 Å². The summed E-state index contributed by atoms with van der Waals surface area (Å²) in [6.07, 6.45) is 11.2. The number of hydrogen-bond acceptors (Lipinski definition) is 10. The molecule has 0 saturated carbocycles. The largest absolute Gasteiger partial charge is 0.264 e. The zero-order valence-electron chi connectivity index (χ0n) is 60.1. The third-order valence-electron chi connectivity index (χ3n) is 22.1. The monoisotopic (exact) mass is 1420 g/mol. The van der Waals surface area contributed by atoms with Gasteiger partial charge < -0.3 is 0 Å². The van der Waals surface area contributed by atoms with Crippen LogP contribution in [0.5, 0.6) is 0 Å². The molecular formula is C102H60N10. The summed E-state index contributed by atoms with van der Waals surface area (Å²) < 4.78 is 0. The maximum atomic E-state index is 5.41. The smallest absolute Gasteiger partial charge is 0.0972 e. The fraction of sp³-hybridized carbons (Fsp3) is 0. The number of pyridine rings is 10. The third kappa shape index (κ3) is 11.0. The van der Waals surface area contributed by atoms with Crippen LogP contribution in [0.15, 0.2) is 365 Å². The van der Waals surface area contributed by atoms with Gasteiger partial charge in [-0.25, -0.2) is 29.9 Å². The van der Waals surface area contributed by atoms with Gasteiger partial charge in [0.15, 0.2) is 0 Å². The average molecular weight is 1430 g/mol. The van der Waals surface area contributed by atoms with Crippen LogP contribution >= 0.6 is 0 Å². The van der Waals surface area contributed by atoms with Gasteiger partial charge in [-0.2, -0.15) is 0 Å². The van der Waals surface area contributed by atoms with E-state index in [1.807, 2.05) is 61.4 Å². The summed E-state index contributed by atoms with van der Waals surface area (Å²) in [5, 5.41) is 20.0. The Morgan fingerprint density at radius 3 is 0.866 bits per heavy atom. The normalized spacial score (nSPS) is 11.8. The predicted octanol–water partition coefficient (Wildman–Crippen LogP) is 25.7. The van der Waals surface area contributed by atoms with E-state index in [0.717, 1.165) is 231 Å². The third-order valence-corrected chi connectivity index (χ3v) is 22.1. The van der Waals surface area contributed by atoms with Crippen LogP contribution in [-0.4, -0.2) is 49.8 Å². The van der Waals surface area contributed by atoms with Crippen LogP contribution < -0.4 is 0 Å². The van der Waals surface area contributed by atoms with Crippen LogP contribution in [0, 0.1) is 0 Å². The van der Waals surface area contributed by atoms with E-state index in [-0.39, 0.29) is 0 Å². The number of rotatable bonds is 8. The molecule has 0 spiro atoms. The first-order valence-electron chi connectivity index (χ1n) is 37.5. The molecule has 112 heavy (non-hydrogen) atoms. The van der Waals surface area contributed by atoms with Crippen molar-refractivity contribution in [2.45, 2.75) is 0 Å². The van der Waals surface area contributed by atoms with E-state index in [1.165, 1.54) is 0 Å². The lowest BCUT2D eigenvalue weighted by molar-refractivity contribution is 1.35. The molecule has 13 aromatic carbocycles. The first-order chi connectivity index (χ1) is 55.5. The van der Waals surface area contributed by atoms with Crippen LogP contribution in [0.3, 0.4) is 0 Å². The first-order valence-corrected chi connectivity index (χ1v) is 37.5. The lowest BCUT2D eigenvalue weighted by Crippen LogP contribution is -1.95. The molecule has 0 unspecified atom stereocenters. The summed E-state index contributed by atoms with van der Waals surface area (Å²) in [6.45, 7) is 0. The number of hydrogen-bond donors (Lipinski definition) is 0. The maximum absolute atomic E-state index is 5.41. The summed E-state index contributed by atoms with van der Waals surface area (Å²) in [7, 11) is 0. The molecule has 0 N–H and O–H groups in total. The zero-order valence-corrected chi connectivity index (χ0v) is 60.1. The van der Waals surface area contributed by atoms with Crippen LogP contribution in [-0.2, 0) is 0 Å². The van der Waals surface area contributed by atoms with E-state index in [9.17, 15) is 0 Å². The minimum absolute atomic E-state index is 0.907. The Balaban J connectivity index is 0.000000138. The number of nitrogens with zero attached hydrogens (tertiary/aromatic N) is 10. The van der Waals surface area contributed by atoms with Gasteiger partial charge in [-0.3, -0.25) is 19.9 Å². The van der Waals surface area contributed by atoms with Crippen molar-refractivity contribution in [1.82, 2.24) is 49.8 Å². The quantitative estimate of drug-likeness (QED) is 0.107. The number of aromatic nitrogens is 10. The Bertz CT molecular complexity index is 7810. The molecule has 10 heteroatoms. The molecule has 0 aliphatic heterocycles. The Morgan fingerprint density at radius 2 is 0.464 bits per heavy atom. The highest BCUT2D eigenvalue weighted by Gasteiger charge is 2.21. The summed E-state index contributed by atoms with van der Waals surface area (Å²) >= 11 is 0. The first kappa shape index (κ1) is 64.0. The molecule has 23 rings (SSSR count). The molecule has 0 bridgehead atoms. The van der Waals surface area contributed by atoms with Gasteiger partial charge >= 0.3 is 0 Å². The van der Waals surface area contributed by atoms with E-state index < -0.39 is 0 Å². The van der Waals surface area contributed by atoms with Gasteiger partial charge in [0.25, 0.3) is 0 Å². The molecule has 0 saturated heterocycles. The summed E-state index contributed by atoms with van der Waals surface area (Å²) in [6, 6.07) is 115. The van der Waals surface area contributed by atoms with E-state index in [0.29, 0.717) is 0 Å². The molecule has 0 atom stereocenters. The van der Waals surface area contributed by atoms with E-state index in [2.05, 4.69) is 318 Å². The molecule has 0 aliphatic carbocycles. The van der Waals surface area contributed by atoms with Crippen LogP contribution in [0.4, 0.5) is 0 Å². The molecule has 0 fully saturated rings. The second kappa shape index (κ2) is 26.3. The molecule has 23 aromatic rings. The van der Waals surface area contributed by atoms with Crippen molar-refractivity contribution in [3.05, 3.63) is 365 Å². The van der Waals surface area contributed by atoms with Crippen LogP contribution in [0.25, 0.3) is 231 Å². The van der Waals surface area contributed by atoms with Gasteiger partial charge in [0.2, 0.25) is 0 Å². The van der Waals surface area contributed by atoms with E-state index >= 15 is 0 Å².